The summed E-state index contributed by atoms with van der Waals surface area (Å²) in [6.07, 6.45) is 3.30. The summed E-state index contributed by atoms with van der Waals surface area (Å²) < 4.78 is 24.6. The van der Waals surface area contributed by atoms with Crippen LogP contribution in [0.5, 0.6) is 0 Å². The maximum absolute atomic E-state index is 12.3. The van der Waals surface area contributed by atoms with Crippen molar-refractivity contribution in [1.29, 1.82) is 0 Å². The Bertz CT molecular complexity index is 1330. The van der Waals surface area contributed by atoms with E-state index in [2.05, 4.69) is 15.0 Å². The highest BCUT2D eigenvalue weighted by Crippen LogP contribution is 2.34. The van der Waals surface area contributed by atoms with E-state index in [1.54, 1.807) is 62.0 Å². The summed E-state index contributed by atoms with van der Waals surface area (Å²) in [5, 5.41) is 10.6. The van der Waals surface area contributed by atoms with Gasteiger partial charge in [0.05, 0.1) is 32.5 Å². The zero-order chi connectivity index (χ0) is 20.8. The van der Waals surface area contributed by atoms with Gasteiger partial charge in [0, 0.05) is 18.8 Å². The van der Waals surface area contributed by atoms with Gasteiger partial charge in [-0.3, -0.25) is 0 Å². The van der Waals surface area contributed by atoms with E-state index in [9.17, 15) is 18.3 Å². The topological polar surface area (TPSA) is 113 Å². The maximum atomic E-state index is 12.3. The molecule has 0 aliphatic rings. The first-order valence-electron chi connectivity index (χ1n) is 8.78. The predicted molar refractivity (Wildman–Crippen MR) is 114 cm³/mol. The molecule has 9 heteroatoms. The molecule has 0 saturated carbocycles. The maximum Gasteiger partial charge on any atom is 0.337 e. The van der Waals surface area contributed by atoms with Crippen molar-refractivity contribution in [3.05, 3.63) is 53.7 Å². The SMILES string of the molecule is CC(C)S(=O)(=O)c1ccc(-c2cnc3[nH]cc(-c4sccc4C(=O)O)c3n2)cc1.[HH]. The smallest absolute Gasteiger partial charge is 0.337 e. The van der Waals surface area contributed by atoms with Crippen molar-refractivity contribution in [3.8, 4) is 21.7 Å². The number of benzene rings is 1. The highest BCUT2D eigenvalue weighted by molar-refractivity contribution is 7.92. The minimum Gasteiger partial charge on any atom is -0.478 e. The standard InChI is InChI=1S/C20H17N3O4S2.H2/c1-11(2)29(26,27)13-5-3-12(4-6-13)16-10-22-19-17(23-16)15(9-21-19)18-14(20(24)25)7-8-28-18;/h3-11H,1-2H3,(H,21,22)(H,24,25);1H. The third-order valence-corrected chi connectivity index (χ3v) is 7.74. The van der Waals surface area contributed by atoms with Crippen molar-refractivity contribution in [3.63, 3.8) is 0 Å². The van der Waals surface area contributed by atoms with Crippen LogP contribution in [0.4, 0.5) is 0 Å². The Hall–Kier alpha value is -3.04. The van der Waals surface area contributed by atoms with Crippen molar-refractivity contribution in [2.24, 2.45) is 0 Å². The largest absolute Gasteiger partial charge is 0.478 e. The van der Waals surface area contributed by atoms with Gasteiger partial charge in [-0.2, -0.15) is 0 Å². The van der Waals surface area contributed by atoms with E-state index >= 15 is 0 Å². The second-order valence-electron chi connectivity index (χ2n) is 6.74. The number of fused-ring (bicyclic) bond motifs is 1. The fourth-order valence-electron chi connectivity index (χ4n) is 2.98. The van der Waals surface area contributed by atoms with Gasteiger partial charge in [-0.05, 0) is 37.4 Å². The van der Waals surface area contributed by atoms with Gasteiger partial charge in [-0.1, -0.05) is 12.1 Å². The molecule has 0 spiro atoms. The molecule has 150 valence electrons. The van der Waals surface area contributed by atoms with Crippen LogP contribution in [0.2, 0.25) is 0 Å². The number of aromatic amines is 1. The quantitative estimate of drug-likeness (QED) is 0.484. The lowest BCUT2D eigenvalue weighted by Gasteiger charge is -2.08. The van der Waals surface area contributed by atoms with Crippen LogP contribution in [-0.2, 0) is 9.84 Å². The molecule has 0 aliphatic heterocycles. The minimum atomic E-state index is -3.35. The van der Waals surface area contributed by atoms with Crippen LogP contribution in [-0.4, -0.2) is 39.7 Å². The van der Waals surface area contributed by atoms with Gasteiger partial charge in [-0.15, -0.1) is 11.3 Å². The number of nitrogens with one attached hydrogen (secondary N) is 1. The van der Waals surface area contributed by atoms with E-state index in [4.69, 9.17) is 0 Å². The molecule has 3 heterocycles. The third kappa shape index (κ3) is 3.32. The number of carbonyl (C=O) groups is 1. The fraction of sp³-hybridized carbons (Fsp3) is 0.150. The second kappa shape index (κ2) is 7.09. The number of carboxylic acid groups (broad SMARTS) is 1. The summed E-state index contributed by atoms with van der Waals surface area (Å²) in [7, 11) is -3.35. The number of aromatic carboxylic acids is 1. The second-order valence-corrected chi connectivity index (χ2v) is 10.2. The van der Waals surface area contributed by atoms with Gasteiger partial charge in [0.1, 0.15) is 5.52 Å². The summed E-state index contributed by atoms with van der Waals surface area (Å²) in [5.74, 6) is -0.998. The van der Waals surface area contributed by atoms with Crippen molar-refractivity contribution in [2.45, 2.75) is 24.0 Å². The van der Waals surface area contributed by atoms with E-state index in [0.29, 0.717) is 27.3 Å². The first-order valence-corrected chi connectivity index (χ1v) is 11.2. The molecule has 0 aliphatic carbocycles. The Morgan fingerprint density at radius 2 is 1.93 bits per heavy atom. The van der Waals surface area contributed by atoms with Gasteiger partial charge < -0.3 is 10.1 Å². The van der Waals surface area contributed by atoms with Crippen molar-refractivity contribution < 1.29 is 19.7 Å². The number of sulfone groups is 1. The Kier molecular flexibility index (Phi) is 4.71. The van der Waals surface area contributed by atoms with Crippen molar-refractivity contribution >= 4 is 38.3 Å². The number of rotatable bonds is 5. The summed E-state index contributed by atoms with van der Waals surface area (Å²) in [5.41, 5.74) is 3.28. The number of aromatic nitrogens is 3. The molecule has 0 unspecified atom stereocenters. The highest BCUT2D eigenvalue weighted by Gasteiger charge is 2.20. The molecule has 4 aromatic rings. The summed E-state index contributed by atoms with van der Waals surface area (Å²) >= 11 is 1.32. The molecule has 0 radical (unpaired) electrons. The average Bonchev–Trinajstić information content (AvgIpc) is 3.34. The van der Waals surface area contributed by atoms with Gasteiger partial charge in [0.2, 0.25) is 0 Å². The third-order valence-electron chi connectivity index (χ3n) is 4.62. The van der Waals surface area contributed by atoms with Gasteiger partial charge in [0.15, 0.2) is 15.5 Å². The molecule has 0 amide bonds. The monoisotopic (exact) mass is 429 g/mol. The van der Waals surface area contributed by atoms with Crippen LogP contribution in [0.25, 0.3) is 32.9 Å². The number of thiophene rings is 1. The lowest BCUT2D eigenvalue weighted by atomic mass is 10.1. The molecule has 0 bridgehead atoms. The molecule has 0 fully saturated rings. The normalized spacial score (nSPS) is 12.0. The number of hydrogen-bond donors (Lipinski definition) is 2. The van der Waals surface area contributed by atoms with E-state index in [-0.39, 0.29) is 11.9 Å². The number of carboxylic acids is 1. The van der Waals surface area contributed by atoms with Crippen LogP contribution in [0, 0.1) is 0 Å². The van der Waals surface area contributed by atoms with E-state index in [1.807, 2.05) is 0 Å². The molecule has 4 rings (SSSR count). The number of H-pyrrole nitrogens is 1. The lowest BCUT2D eigenvalue weighted by molar-refractivity contribution is 0.0698. The molecule has 7 nitrogen and oxygen atoms in total. The summed E-state index contributed by atoms with van der Waals surface area (Å²) in [4.78, 5) is 24.4. The Balaban J connectivity index is 0.00000256. The van der Waals surface area contributed by atoms with Crippen LogP contribution in [0.1, 0.15) is 25.6 Å². The number of hydrogen-bond acceptors (Lipinski definition) is 6. The van der Waals surface area contributed by atoms with Crippen LogP contribution in [0.3, 0.4) is 0 Å². The molecular formula is C20H19N3O4S2. The molecule has 3 aromatic heterocycles. The minimum absolute atomic E-state index is 0. The number of nitrogens with zero attached hydrogens (tertiary/aromatic N) is 2. The van der Waals surface area contributed by atoms with Crippen LogP contribution < -0.4 is 0 Å². The Morgan fingerprint density at radius 1 is 1.21 bits per heavy atom. The van der Waals surface area contributed by atoms with Gasteiger partial charge in [0.25, 0.3) is 0 Å². The van der Waals surface area contributed by atoms with Crippen molar-refractivity contribution in [1.82, 2.24) is 15.0 Å². The fourth-order valence-corrected chi connectivity index (χ4v) is 4.94. The van der Waals surface area contributed by atoms with Crippen molar-refractivity contribution in [2.75, 3.05) is 0 Å². The lowest BCUT2D eigenvalue weighted by Crippen LogP contribution is -2.13. The van der Waals surface area contributed by atoms with Gasteiger partial charge in [-0.25, -0.2) is 23.2 Å². The zero-order valence-electron chi connectivity index (χ0n) is 15.6. The molecule has 0 saturated heterocycles. The van der Waals surface area contributed by atoms with E-state index < -0.39 is 21.1 Å². The highest BCUT2D eigenvalue weighted by atomic mass is 32.2. The molecule has 29 heavy (non-hydrogen) atoms. The molecule has 2 N–H and O–H groups in total. The first-order chi connectivity index (χ1) is 13.8. The molecule has 1 aromatic carbocycles. The average molecular weight is 430 g/mol. The molecular weight excluding hydrogens is 410 g/mol. The van der Waals surface area contributed by atoms with E-state index in [1.165, 1.54) is 11.3 Å². The summed E-state index contributed by atoms with van der Waals surface area (Å²) in [6.45, 7) is 3.29. The Labute approximate surface area is 172 Å². The predicted octanol–water partition coefficient (Wildman–Crippen LogP) is 4.48. The zero-order valence-corrected chi connectivity index (χ0v) is 17.2. The summed E-state index contributed by atoms with van der Waals surface area (Å²) in [6, 6.07) is 8.09. The molecule has 0 atom stereocenters. The van der Waals surface area contributed by atoms with Crippen LogP contribution >= 0.6 is 11.3 Å². The Morgan fingerprint density at radius 3 is 2.59 bits per heavy atom. The first kappa shape index (κ1) is 19.3. The van der Waals surface area contributed by atoms with Crippen LogP contribution in [0.15, 0.2) is 53.0 Å². The van der Waals surface area contributed by atoms with E-state index in [0.717, 1.165) is 5.56 Å². The van der Waals surface area contributed by atoms with Gasteiger partial charge >= 0.3 is 5.97 Å².